The van der Waals surface area contributed by atoms with Gasteiger partial charge in [-0.15, -0.1) is 0 Å². The molecule has 2 nitrogen and oxygen atoms in total. The van der Waals surface area contributed by atoms with E-state index in [1.54, 1.807) is 0 Å². The average Bonchev–Trinajstić information content (AvgIpc) is 1.98. The van der Waals surface area contributed by atoms with Crippen molar-refractivity contribution >= 4 is 5.78 Å². The van der Waals surface area contributed by atoms with Gasteiger partial charge in [0.2, 0.25) is 0 Å². The third-order valence-electron chi connectivity index (χ3n) is 1.73. The lowest BCUT2D eigenvalue weighted by Gasteiger charge is -2.06. The Balaban J connectivity index is 3.41. The molecule has 2 heteroatoms. The molecule has 0 aromatic rings. The van der Waals surface area contributed by atoms with Gasteiger partial charge in [-0.3, -0.25) is 4.79 Å². The van der Waals surface area contributed by atoms with Crippen LogP contribution in [0.4, 0.5) is 0 Å². The zero-order chi connectivity index (χ0) is 7.98. The Bertz CT molecular complexity index is 101. The Morgan fingerprint density at radius 3 is 2.60 bits per heavy atom. The fourth-order valence-electron chi connectivity index (χ4n) is 0.870. The van der Waals surface area contributed by atoms with Crippen LogP contribution in [-0.4, -0.2) is 19.4 Å². The van der Waals surface area contributed by atoms with Gasteiger partial charge in [-0.2, -0.15) is 0 Å². The van der Waals surface area contributed by atoms with Crippen molar-refractivity contribution < 1.29 is 4.79 Å². The summed E-state index contributed by atoms with van der Waals surface area (Å²) in [6.45, 7) is 4.84. The Labute approximate surface area is 63.0 Å². The molecule has 0 radical (unpaired) electrons. The number of ketones is 1. The second-order valence-electron chi connectivity index (χ2n) is 2.61. The largest absolute Gasteiger partial charge is 0.320 e. The van der Waals surface area contributed by atoms with Crippen molar-refractivity contribution in [3.8, 4) is 0 Å². The van der Waals surface area contributed by atoms with Gasteiger partial charge >= 0.3 is 0 Å². The molecule has 0 fully saturated rings. The van der Waals surface area contributed by atoms with Gasteiger partial charge in [0.15, 0.2) is 0 Å². The number of carbonyl (C=O) groups is 1. The van der Waals surface area contributed by atoms with Gasteiger partial charge in [0.25, 0.3) is 0 Å². The first-order valence-electron chi connectivity index (χ1n) is 3.89. The van der Waals surface area contributed by atoms with Gasteiger partial charge in [-0.1, -0.05) is 13.8 Å². The van der Waals surface area contributed by atoms with Crippen LogP contribution in [0.5, 0.6) is 0 Å². The average molecular weight is 143 g/mol. The van der Waals surface area contributed by atoms with Crippen molar-refractivity contribution in [2.45, 2.75) is 26.7 Å². The van der Waals surface area contributed by atoms with Crippen molar-refractivity contribution in [3.05, 3.63) is 0 Å². The molecule has 0 aromatic heterocycles. The van der Waals surface area contributed by atoms with Gasteiger partial charge in [-0.05, 0) is 20.0 Å². The van der Waals surface area contributed by atoms with E-state index >= 15 is 0 Å². The molecule has 60 valence electrons. The lowest BCUT2D eigenvalue weighted by molar-refractivity contribution is -0.122. The maximum Gasteiger partial charge on any atom is 0.135 e. The Morgan fingerprint density at radius 1 is 1.60 bits per heavy atom. The summed E-state index contributed by atoms with van der Waals surface area (Å²) in [5.41, 5.74) is 0. The van der Waals surface area contributed by atoms with Gasteiger partial charge in [0.1, 0.15) is 5.78 Å². The molecule has 0 spiro atoms. The van der Waals surface area contributed by atoms with Gasteiger partial charge in [0.05, 0.1) is 0 Å². The number of hydrogen-bond donors (Lipinski definition) is 1. The van der Waals surface area contributed by atoms with E-state index in [9.17, 15) is 4.79 Å². The standard InChI is InChI=1S/C8H17NO/c1-4-8(10)7(2)5-6-9-3/h7,9H,4-6H2,1-3H3. The van der Waals surface area contributed by atoms with Crippen molar-refractivity contribution in [1.29, 1.82) is 0 Å². The molecule has 1 N–H and O–H groups in total. The predicted molar refractivity (Wildman–Crippen MR) is 43.0 cm³/mol. The van der Waals surface area contributed by atoms with Gasteiger partial charge in [-0.25, -0.2) is 0 Å². The molecule has 0 saturated heterocycles. The number of carbonyl (C=O) groups excluding carboxylic acids is 1. The van der Waals surface area contributed by atoms with E-state index in [0.29, 0.717) is 12.2 Å². The molecule has 0 saturated carbocycles. The third-order valence-corrected chi connectivity index (χ3v) is 1.73. The van der Waals surface area contributed by atoms with E-state index in [4.69, 9.17) is 0 Å². The maximum absolute atomic E-state index is 11.0. The highest BCUT2D eigenvalue weighted by molar-refractivity contribution is 5.80. The van der Waals surface area contributed by atoms with E-state index < -0.39 is 0 Å². The van der Waals surface area contributed by atoms with Gasteiger partial charge < -0.3 is 5.32 Å². The highest BCUT2D eigenvalue weighted by Gasteiger charge is 2.08. The second kappa shape index (κ2) is 5.42. The molecule has 0 bridgehead atoms. The van der Waals surface area contributed by atoms with Crippen LogP contribution in [0, 0.1) is 5.92 Å². The molecule has 1 atom stereocenters. The first-order valence-corrected chi connectivity index (χ1v) is 3.89. The van der Waals surface area contributed by atoms with Crippen LogP contribution in [0.3, 0.4) is 0 Å². The van der Waals surface area contributed by atoms with E-state index in [1.807, 2.05) is 20.9 Å². The van der Waals surface area contributed by atoms with E-state index in [0.717, 1.165) is 13.0 Å². The molecule has 0 aliphatic carbocycles. The molecule has 0 heterocycles. The molecular formula is C8H17NO. The smallest absolute Gasteiger partial charge is 0.135 e. The molecule has 0 rings (SSSR count). The number of hydrogen-bond acceptors (Lipinski definition) is 2. The van der Waals surface area contributed by atoms with E-state index in [2.05, 4.69) is 5.32 Å². The van der Waals surface area contributed by atoms with Crippen molar-refractivity contribution in [2.75, 3.05) is 13.6 Å². The first-order chi connectivity index (χ1) is 4.72. The van der Waals surface area contributed by atoms with Crippen LogP contribution < -0.4 is 5.32 Å². The lowest BCUT2D eigenvalue weighted by Crippen LogP contribution is -2.16. The predicted octanol–water partition coefficient (Wildman–Crippen LogP) is 1.21. The van der Waals surface area contributed by atoms with Crippen molar-refractivity contribution in [3.63, 3.8) is 0 Å². The second-order valence-corrected chi connectivity index (χ2v) is 2.61. The zero-order valence-electron chi connectivity index (χ0n) is 7.11. The summed E-state index contributed by atoms with van der Waals surface area (Å²) < 4.78 is 0. The third kappa shape index (κ3) is 3.62. The molecule has 1 unspecified atom stereocenters. The minimum absolute atomic E-state index is 0.234. The molecule has 0 amide bonds. The highest BCUT2D eigenvalue weighted by atomic mass is 16.1. The monoisotopic (exact) mass is 143 g/mol. The zero-order valence-corrected chi connectivity index (χ0v) is 7.11. The molecule has 10 heavy (non-hydrogen) atoms. The number of rotatable bonds is 5. The maximum atomic E-state index is 11.0. The molecule has 0 aliphatic heterocycles. The Morgan fingerprint density at radius 2 is 2.20 bits per heavy atom. The van der Waals surface area contributed by atoms with Crippen molar-refractivity contribution in [1.82, 2.24) is 5.32 Å². The Kier molecular flexibility index (Phi) is 5.22. The van der Waals surface area contributed by atoms with Crippen LogP contribution in [0.25, 0.3) is 0 Å². The van der Waals surface area contributed by atoms with Crippen LogP contribution in [0.15, 0.2) is 0 Å². The van der Waals surface area contributed by atoms with Crippen LogP contribution in [0.2, 0.25) is 0 Å². The minimum atomic E-state index is 0.234. The summed E-state index contributed by atoms with van der Waals surface area (Å²) in [7, 11) is 1.91. The summed E-state index contributed by atoms with van der Waals surface area (Å²) >= 11 is 0. The summed E-state index contributed by atoms with van der Waals surface area (Å²) in [6.07, 6.45) is 1.63. The van der Waals surface area contributed by atoms with Crippen LogP contribution in [-0.2, 0) is 4.79 Å². The van der Waals surface area contributed by atoms with E-state index in [1.165, 1.54) is 0 Å². The van der Waals surface area contributed by atoms with Crippen LogP contribution >= 0.6 is 0 Å². The highest BCUT2D eigenvalue weighted by Crippen LogP contribution is 2.03. The van der Waals surface area contributed by atoms with Crippen LogP contribution in [0.1, 0.15) is 26.7 Å². The number of nitrogens with one attached hydrogen (secondary N) is 1. The summed E-state index contributed by atoms with van der Waals surface area (Å²) in [6, 6.07) is 0. The van der Waals surface area contributed by atoms with Gasteiger partial charge in [0, 0.05) is 12.3 Å². The minimum Gasteiger partial charge on any atom is -0.320 e. The Hall–Kier alpha value is -0.370. The normalized spacial score (nSPS) is 13.1. The molecule has 0 aromatic carbocycles. The quantitative estimate of drug-likeness (QED) is 0.626. The number of Topliss-reactive ketones (excluding diaryl/α,β-unsaturated/α-hetero) is 1. The first kappa shape index (κ1) is 9.63. The lowest BCUT2D eigenvalue weighted by atomic mass is 10.0. The summed E-state index contributed by atoms with van der Waals surface area (Å²) in [5.74, 6) is 0.604. The van der Waals surface area contributed by atoms with E-state index in [-0.39, 0.29) is 5.92 Å². The summed E-state index contributed by atoms with van der Waals surface area (Å²) in [4.78, 5) is 11.0. The fourth-order valence-corrected chi connectivity index (χ4v) is 0.870. The summed E-state index contributed by atoms with van der Waals surface area (Å²) in [5, 5.41) is 3.03. The SMILES string of the molecule is CCC(=O)C(C)CCNC. The molecular weight excluding hydrogens is 126 g/mol. The van der Waals surface area contributed by atoms with Crippen molar-refractivity contribution in [2.24, 2.45) is 5.92 Å². The topological polar surface area (TPSA) is 29.1 Å². The molecule has 0 aliphatic rings. The fraction of sp³-hybridized carbons (Fsp3) is 0.875.